The number of benzene rings is 1. The zero-order valence-corrected chi connectivity index (χ0v) is 8.56. The fourth-order valence-electron chi connectivity index (χ4n) is 1.67. The Morgan fingerprint density at radius 3 is 2.57 bits per heavy atom. The van der Waals surface area contributed by atoms with Crippen LogP contribution < -0.4 is 4.74 Å². The molecule has 0 aliphatic carbocycles. The number of ether oxygens (including phenoxy) is 1. The third-order valence-corrected chi connectivity index (χ3v) is 2.50. The van der Waals surface area contributed by atoms with Gasteiger partial charge in [0, 0.05) is 13.6 Å². The van der Waals surface area contributed by atoms with Crippen molar-refractivity contribution in [2.45, 2.75) is 12.5 Å². The van der Waals surface area contributed by atoms with E-state index >= 15 is 0 Å². The first-order valence-electron chi connectivity index (χ1n) is 4.81. The summed E-state index contributed by atoms with van der Waals surface area (Å²) in [5.41, 5.74) is 1.22. The normalized spacial score (nSPS) is 22.6. The first-order chi connectivity index (χ1) is 6.79. The Bertz CT molecular complexity index is 297. The Balaban J connectivity index is 2.09. The Hall–Kier alpha value is -1.06. The van der Waals surface area contributed by atoms with Crippen molar-refractivity contribution >= 4 is 0 Å². The molecule has 1 aromatic rings. The maximum atomic E-state index is 5.61. The topological polar surface area (TPSA) is 21.7 Å². The molecule has 0 amide bonds. The maximum absolute atomic E-state index is 5.61. The standard InChI is InChI=1S/C11H15NO2/c1-12-8-7-11(14-12)9-3-5-10(13-2)6-4-9/h3-6,11H,7-8H2,1-2H3. The van der Waals surface area contributed by atoms with Gasteiger partial charge in [-0.25, -0.2) is 0 Å². The predicted molar refractivity (Wildman–Crippen MR) is 54.1 cm³/mol. The van der Waals surface area contributed by atoms with E-state index in [9.17, 15) is 0 Å². The first kappa shape index (κ1) is 9.49. The highest BCUT2D eigenvalue weighted by atomic mass is 16.7. The lowest BCUT2D eigenvalue weighted by Crippen LogP contribution is -2.10. The Labute approximate surface area is 84.2 Å². The lowest BCUT2D eigenvalue weighted by molar-refractivity contribution is -0.128. The molecule has 0 saturated carbocycles. The van der Waals surface area contributed by atoms with Gasteiger partial charge in [0.2, 0.25) is 0 Å². The molecule has 1 saturated heterocycles. The summed E-state index contributed by atoms with van der Waals surface area (Å²) in [7, 11) is 3.64. The van der Waals surface area contributed by atoms with Gasteiger partial charge in [0.1, 0.15) is 11.9 Å². The lowest BCUT2D eigenvalue weighted by atomic mass is 10.1. The molecule has 1 aromatic carbocycles. The second kappa shape index (κ2) is 3.98. The van der Waals surface area contributed by atoms with Crippen LogP contribution in [0.25, 0.3) is 0 Å². The largest absolute Gasteiger partial charge is 0.497 e. The first-order valence-corrected chi connectivity index (χ1v) is 4.81. The molecule has 14 heavy (non-hydrogen) atoms. The van der Waals surface area contributed by atoms with Crippen LogP contribution in [0, 0.1) is 0 Å². The van der Waals surface area contributed by atoms with Crippen LogP contribution in [0.5, 0.6) is 5.75 Å². The zero-order valence-electron chi connectivity index (χ0n) is 8.56. The average molecular weight is 193 g/mol. The molecule has 1 fully saturated rings. The summed E-state index contributed by atoms with van der Waals surface area (Å²) in [5.74, 6) is 0.889. The van der Waals surface area contributed by atoms with E-state index in [-0.39, 0.29) is 6.10 Å². The van der Waals surface area contributed by atoms with Crippen molar-refractivity contribution in [3.05, 3.63) is 29.8 Å². The van der Waals surface area contributed by atoms with Crippen molar-refractivity contribution in [1.29, 1.82) is 0 Å². The highest BCUT2D eigenvalue weighted by Crippen LogP contribution is 2.28. The van der Waals surface area contributed by atoms with Gasteiger partial charge in [-0.1, -0.05) is 12.1 Å². The molecule has 3 nitrogen and oxygen atoms in total. The van der Waals surface area contributed by atoms with Gasteiger partial charge in [0.25, 0.3) is 0 Å². The number of hydroxylamine groups is 2. The molecule has 0 radical (unpaired) electrons. The Morgan fingerprint density at radius 1 is 1.36 bits per heavy atom. The minimum atomic E-state index is 0.214. The van der Waals surface area contributed by atoms with E-state index in [4.69, 9.17) is 9.57 Å². The zero-order chi connectivity index (χ0) is 9.97. The molecule has 76 valence electrons. The van der Waals surface area contributed by atoms with Crippen molar-refractivity contribution < 1.29 is 9.57 Å². The highest BCUT2D eigenvalue weighted by molar-refractivity contribution is 5.28. The fourth-order valence-corrected chi connectivity index (χ4v) is 1.67. The summed E-state index contributed by atoms with van der Waals surface area (Å²) in [6.45, 7) is 0.997. The van der Waals surface area contributed by atoms with Gasteiger partial charge >= 0.3 is 0 Å². The number of hydrogen-bond acceptors (Lipinski definition) is 3. The molecular formula is C11H15NO2. The van der Waals surface area contributed by atoms with Crippen LogP contribution in [0.15, 0.2) is 24.3 Å². The number of hydrogen-bond donors (Lipinski definition) is 0. The number of nitrogens with zero attached hydrogens (tertiary/aromatic N) is 1. The molecule has 1 atom stereocenters. The third-order valence-electron chi connectivity index (χ3n) is 2.50. The number of rotatable bonds is 2. The molecule has 3 heteroatoms. The van der Waals surface area contributed by atoms with E-state index in [1.807, 2.05) is 24.2 Å². The fraction of sp³-hybridized carbons (Fsp3) is 0.455. The van der Waals surface area contributed by atoms with Crippen molar-refractivity contribution in [1.82, 2.24) is 5.06 Å². The van der Waals surface area contributed by atoms with Gasteiger partial charge in [-0.05, 0) is 24.1 Å². The van der Waals surface area contributed by atoms with Crippen molar-refractivity contribution in [3.8, 4) is 5.75 Å². The average Bonchev–Trinajstić information content (AvgIpc) is 2.65. The summed E-state index contributed by atoms with van der Waals surface area (Å²) in [4.78, 5) is 5.61. The minimum Gasteiger partial charge on any atom is -0.497 e. The smallest absolute Gasteiger partial charge is 0.118 e. The summed E-state index contributed by atoms with van der Waals surface area (Å²) in [6.07, 6.45) is 1.27. The van der Waals surface area contributed by atoms with Gasteiger partial charge in [0.05, 0.1) is 7.11 Å². The van der Waals surface area contributed by atoms with E-state index in [1.54, 1.807) is 7.11 Å². The van der Waals surface area contributed by atoms with E-state index in [1.165, 1.54) is 5.56 Å². The summed E-state index contributed by atoms with van der Waals surface area (Å²) in [6, 6.07) is 8.05. The molecule has 0 aromatic heterocycles. The molecule has 1 aliphatic rings. The molecule has 1 aliphatic heterocycles. The molecule has 0 N–H and O–H groups in total. The van der Waals surface area contributed by atoms with Crippen LogP contribution >= 0.6 is 0 Å². The van der Waals surface area contributed by atoms with Gasteiger partial charge in [-0.3, -0.25) is 4.84 Å². The minimum absolute atomic E-state index is 0.214. The van der Waals surface area contributed by atoms with Crippen molar-refractivity contribution in [3.63, 3.8) is 0 Å². The van der Waals surface area contributed by atoms with Crippen LogP contribution in [0.3, 0.4) is 0 Å². The Morgan fingerprint density at radius 2 is 2.07 bits per heavy atom. The van der Waals surface area contributed by atoms with E-state index in [0.29, 0.717) is 0 Å². The van der Waals surface area contributed by atoms with Gasteiger partial charge in [-0.15, -0.1) is 0 Å². The summed E-state index contributed by atoms with van der Waals surface area (Å²) in [5, 5.41) is 1.88. The van der Waals surface area contributed by atoms with Crippen molar-refractivity contribution in [2.75, 3.05) is 20.7 Å². The van der Waals surface area contributed by atoms with E-state index in [0.717, 1.165) is 18.7 Å². The monoisotopic (exact) mass is 193 g/mol. The molecular weight excluding hydrogens is 178 g/mol. The summed E-state index contributed by atoms with van der Waals surface area (Å²) >= 11 is 0. The third kappa shape index (κ3) is 1.89. The van der Waals surface area contributed by atoms with Crippen molar-refractivity contribution in [2.24, 2.45) is 0 Å². The Kier molecular flexibility index (Phi) is 2.70. The van der Waals surface area contributed by atoms with Gasteiger partial charge in [0.15, 0.2) is 0 Å². The van der Waals surface area contributed by atoms with E-state index < -0.39 is 0 Å². The molecule has 0 spiro atoms. The molecule has 1 unspecified atom stereocenters. The SMILES string of the molecule is COc1ccc(C2CCN(C)O2)cc1. The summed E-state index contributed by atoms with van der Waals surface area (Å²) < 4.78 is 5.10. The van der Waals surface area contributed by atoms with Crippen LogP contribution in [-0.4, -0.2) is 25.8 Å². The van der Waals surface area contributed by atoms with Crippen LogP contribution in [-0.2, 0) is 4.84 Å². The predicted octanol–water partition coefficient (Wildman–Crippen LogP) is 2.00. The second-order valence-electron chi connectivity index (χ2n) is 3.51. The quantitative estimate of drug-likeness (QED) is 0.717. The second-order valence-corrected chi connectivity index (χ2v) is 3.51. The van der Waals surface area contributed by atoms with Crippen LogP contribution in [0.2, 0.25) is 0 Å². The number of methoxy groups -OCH3 is 1. The van der Waals surface area contributed by atoms with Crippen LogP contribution in [0.1, 0.15) is 18.1 Å². The molecule has 0 bridgehead atoms. The van der Waals surface area contributed by atoms with Gasteiger partial charge in [-0.2, -0.15) is 5.06 Å². The van der Waals surface area contributed by atoms with Crippen LogP contribution in [0.4, 0.5) is 0 Å². The molecule has 1 heterocycles. The lowest BCUT2D eigenvalue weighted by Gasteiger charge is -2.11. The van der Waals surface area contributed by atoms with Gasteiger partial charge < -0.3 is 4.74 Å². The molecule has 2 rings (SSSR count). The highest BCUT2D eigenvalue weighted by Gasteiger charge is 2.21. The van der Waals surface area contributed by atoms with E-state index in [2.05, 4.69) is 12.1 Å². The maximum Gasteiger partial charge on any atom is 0.118 e.